The highest BCUT2D eigenvalue weighted by atomic mass is 32.2. The fourth-order valence-electron chi connectivity index (χ4n) is 3.70. The van der Waals surface area contributed by atoms with Gasteiger partial charge in [-0.25, -0.2) is 4.79 Å². The number of unbranched alkanes of at least 4 members (excludes halogenated alkanes) is 1. The van der Waals surface area contributed by atoms with Crippen LogP contribution in [0.25, 0.3) is 11.6 Å². The van der Waals surface area contributed by atoms with Crippen LogP contribution >= 0.6 is 11.8 Å². The second-order valence-electron chi connectivity index (χ2n) is 7.67. The molecule has 28 heavy (non-hydrogen) atoms. The maximum atomic E-state index is 11.8. The van der Waals surface area contributed by atoms with Crippen molar-refractivity contribution in [2.45, 2.75) is 69.4 Å². The summed E-state index contributed by atoms with van der Waals surface area (Å²) < 4.78 is 6.14. The lowest BCUT2D eigenvalue weighted by Gasteiger charge is -2.30. The van der Waals surface area contributed by atoms with E-state index in [1.807, 2.05) is 18.4 Å². The first-order chi connectivity index (χ1) is 13.3. The molecule has 0 radical (unpaired) electrons. The largest absolute Gasteiger partial charge is 0.479 e. The normalized spacial score (nSPS) is 18.4. The Hall–Kier alpha value is -1.50. The van der Waals surface area contributed by atoms with E-state index in [1.165, 1.54) is 24.6 Å². The molecule has 6 heteroatoms. The predicted octanol–water partition coefficient (Wildman–Crippen LogP) is 4.66. The van der Waals surface area contributed by atoms with Crippen LogP contribution in [0.4, 0.5) is 0 Å². The zero-order chi connectivity index (χ0) is 20.7. The standard InChI is InChI=1S/C22H33NO4S/c1-4-5-6-11-18-17(12-19(27-18)16-9-7-8-10-16)15(2)13-22(26,21(24)25)20(23)14-28-3/h6,11-12,16,20,26H,2,4-5,7-10,13-14,23H2,1,3H3,(H,24,25)/b11-6-/t20-,22+/m0/s1. The average Bonchev–Trinajstić information content (AvgIpc) is 3.31. The van der Waals surface area contributed by atoms with Crippen molar-refractivity contribution in [1.29, 1.82) is 0 Å². The van der Waals surface area contributed by atoms with Gasteiger partial charge < -0.3 is 20.4 Å². The van der Waals surface area contributed by atoms with Gasteiger partial charge in [0.05, 0.1) is 6.04 Å². The number of thioether (sulfide) groups is 1. The summed E-state index contributed by atoms with van der Waals surface area (Å²) >= 11 is 1.41. The van der Waals surface area contributed by atoms with Gasteiger partial charge in [-0.1, -0.05) is 38.8 Å². The van der Waals surface area contributed by atoms with E-state index >= 15 is 0 Å². The van der Waals surface area contributed by atoms with Crippen LogP contribution in [0.3, 0.4) is 0 Å². The van der Waals surface area contributed by atoms with Crippen molar-refractivity contribution in [1.82, 2.24) is 0 Å². The fraction of sp³-hybridized carbons (Fsp3) is 0.591. The SMILES string of the molecule is C=C(C[C@](O)(C(=O)O)[C@@H](N)CSC)c1cc(C2CCCC2)oc1/C=C\CCC. The number of aliphatic carboxylic acids is 1. The van der Waals surface area contributed by atoms with Gasteiger partial charge in [0.2, 0.25) is 0 Å². The molecule has 0 spiro atoms. The number of furan rings is 1. The zero-order valence-corrected chi connectivity index (χ0v) is 17.8. The quantitative estimate of drug-likeness (QED) is 0.494. The third-order valence-corrected chi connectivity index (χ3v) is 6.15. The van der Waals surface area contributed by atoms with Crippen LogP contribution in [0, 0.1) is 0 Å². The third kappa shape index (κ3) is 5.31. The van der Waals surface area contributed by atoms with Gasteiger partial charge in [-0.05, 0) is 43.2 Å². The molecule has 4 N–H and O–H groups in total. The molecule has 0 saturated heterocycles. The number of carboxylic acid groups (broad SMARTS) is 1. The Kier molecular flexibility index (Phi) is 8.40. The number of allylic oxidation sites excluding steroid dienone is 1. The Bertz CT molecular complexity index is 705. The molecule has 1 heterocycles. The predicted molar refractivity (Wildman–Crippen MR) is 116 cm³/mol. The van der Waals surface area contributed by atoms with Gasteiger partial charge in [-0.2, -0.15) is 11.8 Å². The molecule has 2 rings (SSSR count). The van der Waals surface area contributed by atoms with Crippen molar-refractivity contribution < 1.29 is 19.4 Å². The summed E-state index contributed by atoms with van der Waals surface area (Å²) in [6, 6.07) is 1.09. The first-order valence-electron chi connectivity index (χ1n) is 10.0. The molecule has 5 nitrogen and oxygen atoms in total. The molecular formula is C22H33NO4S. The van der Waals surface area contributed by atoms with Gasteiger partial charge in [0.25, 0.3) is 0 Å². The first-order valence-corrected chi connectivity index (χ1v) is 11.4. The second-order valence-corrected chi connectivity index (χ2v) is 8.58. The molecule has 2 atom stereocenters. The number of aliphatic hydroxyl groups is 1. The summed E-state index contributed by atoms with van der Waals surface area (Å²) in [5, 5.41) is 20.4. The third-order valence-electron chi connectivity index (χ3n) is 5.46. The molecule has 0 bridgehead atoms. The molecule has 0 aliphatic heterocycles. The minimum Gasteiger partial charge on any atom is -0.479 e. The molecule has 1 aliphatic rings. The number of carbonyl (C=O) groups is 1. The smallest absolute Gasteiger partial charge is 0.337 e. The maximum absolute atomic E-state index is 11.8. The zero-order valence-electron chi connectivity index (χ0n) is 16.9. The van der Waals surface area contributed by atoms with E-state index in [0.29, 0.717) is 23.0 Å². The average molecular weight is 408 g/mol. The Morgan fingerprint density at radius 1 is 1.50 bits per heavy atom. The van der Waals surface area contributed by atoms with Crippen LogP contribution in [0.1, 0.15) is 74.9 Å². The highest BCUT2D eigenvalue weighted by Gasteiger charge is 2.43. The summed E-state index contributed by atoms with van der Waals surface area (Å²) in [5.74, 6) is 1.04. The van der Waals surface area contributed by atoms with E-state index in [-0.39, 0.29) is 6.42 Å². The highest BCUT2D eigenvalue weighted by Crippen LogP contribution is 2.39. The lowest BCUT2D eigenvalue weighted by Crippen LogP contribution is -2.55. The molecule has 156 valence electrons. The van der Waals surface area contributed by atoms with E-state index in [4.69, 9.17) is 10.2 Å². The van der Waals surface area contributed by atoms with Crippen LogP contribution in [-0.4, -0.2) is 39.8 Å². The van der Waals surface area contributed by atoms with Crippen LogP contribution in [-0.2, 0) is 4.79 Å². The minimum atomic E-state index is -2.06. The highest BCUT2D eigenvalue weighted by molar-refractivity contribution is 7.98. The molecule has 0 aromatic carbocycles. The van der Waals surface area contributed by atoms with Crippen LogP contribution in [0.15, 0.2) is 23.1 Å². The number of carboxylic acids is 1. The molecule has 1 aromatic heterocycles. The van der Waals surface area contributed by atoms with E-state index < -0.39 is 17.6 Å². The molecule has 1 saturated carbocycles. The van der Waals surface area contributed by atoms with Gasteiger partial charge >= 0.3 is 5.97 Å². The molecule has 1 aliphatic carbocycles. The van der Waals surface area contributed by atoms with Gasteiger partial charge in [-0.15, -0.1) is 0 Å². The monoisotopic (exact) mass is 407 g/mol. The number of hydrogen-bond donors (Lipinski definition) is 3. The van der Waals surface area contributed by atoms with Crippen molar-refractivity contribution in [2.24, 2.45) is 5.73 Å². The number of hydrogen-bond acceptors (Lipinski definition) is 5. The van der Waals surface area contributed by atoms with Crippen molar-refractivity contribution in [3.8, 4) is 0 Å². The summed E-state index contributed by atoms with van der Waals surface area (Å²) in [4.78, 5) is 11.8. The van der Waals surface area contributed by atoms with E-state index in [9.17, 15) is 15.0 Å². The van der Waals surface area contributed by atoms with Gasteiger partial charge in [0.15, 0.2) is 5.60 Å². The van der Waals surface area contributed by atoms with E-state index in [2.05, 4.69) is 19.6 Å². The van der Waals surface area contributed by atoms with Gasteiger partial charge in [0.1, 0.15) is 11.5 Å². The van der Waals surface area contributed by atoms with Gasteiger partial charge in [-0.3, -0.25) is 0 Å². The first kappa shape index (κ1) is 22.8. The van der Waals surface area contributed by atoms with Crippen molar-refractivity contribution in [3.05, 3.63) is 35.8 Å². The Balaban J connectivity index is 2.31. The minimum absolute atomic E-state index is 0.137. The summed E-state index contributed by atoms with van der Waals surface area (Å²) in [5.41, 5.74) is 5.24. The van der Waals surface area contributed by atoms with E-state index in [1.54, 1.807) is 0 Å². The maximum Gasteiger partial charge on any atom is 0.337 e. The van der Waals surface area contributed by atoms with Crippen LogP contribution in [0.2, 0.25) is 0 Å². The summed E-state index contributed by atoms with van der Waals surface area (Å²) in [6.07, 6.45) is 12.3. The van der Waals surface area contributed by atoms with Crippen molar-refractivity contribution >= 4 is 29.4 Å². The topological polar surface area (TPSA) is 96.7 Å². The molecule has 0 amide bonds. The molecule has 1 fully saturated rings. The van der Waals surface area contributed by atoms with Gasteiger partial charge in [0, 0.05) is 23.7 Å². The Morgan fingerprint density at radius 2 is 2.18 bits per heavy atom. The Labute approximate surface area is 172 Å². The molecular weight excluding hydrogens is 374 g/mol. The van der Waals surface area contributed by atoms with Crippen LogP contribution < -0.4 is 5.73 Å². The lowest BCUT2D eigenvalue weighted by molar-refractivity contribution is -0.159. The number of nitrogens with two attached hydrogens (primary N) is 1. The fourth-order valence-corrected chi connectivity index (χ4v) is 4.33. The molecule has 0 unspecified atom stereocenters. The molecule has 1 aromatic rings. The number of rotatable bonds is 11. The lowest BCUT2D eigenvalue weighted by atomic mass is 9.86. The van der Waals surface area contributed by atoms with Crippen molar-refractivity contribution in [2.75, 3.05) is 12.0 Å². The summed E-state index contributed by atoms with van der Waals surface area (Å²) in [7, 11) is 0. The summed E-state index contributed by atoms with van der Waals surface area (Å²) in [6.45, 7) is 6.19. The van der Waals surface area contributed by atoms with Crippen molar-refractivity contribution in [3.63, 3.8) is 0 Å². The Morgan fingerprint density at radius 3 is 2.75 bits per heavy atom. The van der Waals surface area contributed by atoms with E-state index in [0.717, 1.165) is 37.0 Å². The second kappa shape index (κ2) is 10.3. The van der Waals surface area contributed by atoms with Crippen LogP contribution in [0.5, 0.6) is 0 Å².